The lowest BCUT2D eigenvalue weighted by molar-refractivity contribution is -0.145. The van der Waals surface area contributed by atoms with Crippen molar-refractivity contribution in [1.29, 1.82) is 0 Å². The lowest BCUT2D eigenvalue weighted by Crippen LogP contribution is -2.54. The molecule has 7 nitrogen and oxygen atoms in total. The average Bonchev–Trinajstić information content (AvgIpc) is 2.87. The molecule has 0 aliphatic rings. The largest absolute Gasteiger partial charge is 0.467 e. The molecule has 3 N–H and O–H groups in total. The van der Waals surface area contributed by atoms with Gasteiger partial charge in [0.25, 0.3) is 5.91 Å². The highest BCUT2D eigenvalue weighted by atomic mass is 16.5. The summed E-state index contributed by atoms with van der Waals surface area (Å²) in [6.07, 6.45) is -1.14. The van der Waals surface area contributed by atoms with Gasteiger partial charge in [-0.1, -0.05) is 78.9 Å². The Hall–Kier alpha value is -3.97. The molecule has 3 rings (SSSR count). The Kier molecular flexibility index (Phi) is 8.32. The van der Waals surface area contributed by atoms with E-state index in [4.69, 9.17) is 4.74 Å². The van der Waals surface area contributed by atoms with E-state index in [1.54, 1.807) is 60.7 Å². The van der Waals surface area contributed by atoms with E-state index in [9.17, 15) is 19.5 Å². The number of hydrogen-bond donors (Lipinski definition) is 3. The zero-order chi connectivity index (χ0) is 23.6. The fourth-order valence-corrected chi connectivity index (χ4v) is 3.39. The summed E-state index contributed by atoms with van der Waals surface area (Å²) in [7, 11) is 1.24. The van der Waals surface area contributed by atoms with Gasteiger partial charge in [0, 0.05) is 12.0 Å². The molecule has 0 bridgehead atoms. The standard InChI is InChI=1S/C26H26N2O5/c1-33-26(32)21(17-18-11-5-2-6-12-18)27-25(31)22(23(29)19-13-7-3-8-14-19)28-24(30)20-15-9-4-10-16-20/h2-16,21-23,29H,17H2,1H3,(H,27,31)(H,28,30)/t21-,22-,23?/m0/s1. The van der Waals surface area contributed by atoms with Crippen molar-refractivity contribution >= 4 is 17.8 Å². The summed E-state index contributed by atoms with van der Waals surface area (Å²) >= 11 is 0. The highest BCUT2D eigenvalue weighted by Crippen LogP contribution is 2.18. The summed E-state index contributed by atoms with van der Waals surface area (Å²) in [4.78, 5) is 38.4. The molecule has 170 valence electrons. The first-order chi connectivity index (χ1) is 16.0. The van der Waals surface area contributed by atoms with Crippen molar-refractivity contribution in [2.45, 2.75) is 24.6 Å². The molecule has 7 heteroatoms. The van der Waals surface area contributed by atoms with Gasteiger partial charge in [0.15, 0.2) is 0 Å². The Bertz CT molecular complexity index is 1060. The van der Waals surface area contributed by atoms with E-state index in [-0.39, 0.29) is 6.42 Å². The Morgan fingerprint density at radius 1 is 0.818 bits per heavy atom. The second kappa shape index (κ2) is 11.6. The van der Waals surface area contributed by atoms with Gasteiger partial charge in [0.05, 0.1) is 7.11 Å². The second-order valence-electron chi connectivity index (χ2n) is 7.45. The van der Waals surface area contributed by atoms with Gasteiger partial charge in [-0.15, -0.1) is 0 Å². The summed E-state index contributed by atoms with van der Waals surface area (Å²) in [6.45, 7) is 0. The van der Waals surface area contributed by atoms with E-state index < -0.39 is 36.0 Å². The molecule has 0 aromatic heterocycles. The van der Waals surface area contributed by atoms with Gasteiger partial charge in [-0.3, -0.25) is 9.59 Å². The monoisotopic (exact) mass is 446 g/mol. The third-order valence-electron chi connectivity index (χ3n) is 5.15. The Labute approximate surface area is 192 Å². The SMILES string of the molecule is COC(=O)[C@H](Cc1ccccc1)NC(=O)[C@@H](NC(=O)c1ccccc1)C(O)c1ccccc1. The number of carbonyl (C=O) groups excluding carboxylic acids is 3. The smallest absolute Gasteiger partial charge is 0.328 e. The van der Waals surface area contributed by atoms with E-state index in [0.29, 0.717) is 11.1 Å². The number of nitrogens with one attached hydrogen (secondary N) is 2. The molecule has 0 saturated heterocycles. The van der Waals surface area contributed by atoms with Crippen LogP contribution in [-0.2, 0) is 20.7 Å². The first-order valence-corrected chi connectivity index (χ1v) is 10.5. The van der Waals surface area contributed by atoms with E-state index in [1.807, 2.05) is 30.3 Å². The molecule has 1 unspecified atom stereocenters. The van der Waals surface area contributed by atoms with Crippen molar-refractivity contribution in [3.8, 4) is 0 Å². The van der Waals surface area contributed by atoms with Crippen LogP contribution < -0.4 is 10.6 Å². The molecule has 3 aromatic rings. The van der Waals surface area contributed by atoms with Crippen LogP contribution in [0.4, 0.5) is 0 Å². The van der Waals surface area contributed by atoms with Crippen molar-refractivity contribution in [1.82, 2.24) is 10.6 Å². The van der Waals surface area contributed by atoms with Crippen LogP contribution in [0.3, 0.4) is 0 Å². The summed E-state index contributed by atoms with van der Waals surface area (Å²) < 4.78 is 4.86. The zero-order valence-electron chi connectivity index (χ0n) is 18.2. The fourth-order valence-electron chi connectivity index (χ4n) is 3.39. The molecule has 0 aliphatic heterocycles. The summed E-state index contributed by atoms with van der Waals surface area (Å²) in [5, 5.41) is 16.2. The van der Waals surface area contributed by atoms with Crippen molar-refractivity contribution in [3.63, 3.8) is 0 Å². The molecule has 0 spiro atoms. The normalized spacial score (nSPS) is 13.3. The highest BCUT2D eigenvalue weighted by Gasteiger charge is 2.33. The van der Waals surface area contributed by atoms with E-state index >= 15 is 0 Å². The minimum atomic E-state index is -1.34. The summed E-state index contributed by atoms with van der Waals surface area (Å²) in [6, 6.07) is 23.7. The van der Waals surface area contributed by atoms with Crippen LogP contribution in [0.2, 0.25) is 0 Å². The third-order valence-corrected chi connectivity index (χ3v) is 5.15. The van der Waals surface area contributed by atoms with Gasteiger partial charge in [0.2, 0.25) is 5.91 Å². The lowest BCUT2D eigenvalue weighted by atomic mass is 9.99. The van der Waals surface area contributed by atoms with Crippen LogP contribution in [0, 0.1) is 0 Å². The van der Waals surface area contributed by atoms with Crippen molar-refractivity contribution in [2.24, 2.45) is 0 Å². The maximum Gasteiger partial charge on any atom is 0.328 e. The average molecular weight is 447 g/mol. The van der Waals surface area contributed by atoms with E-state index in [0.717, 1.165) is 5.56 Å². The minimum Gasteiger partial charge on any atom is -0.467 e. The van der Waals surface area contributed by atoms with Crippen molar-refractivity contribution in [2.75, 3.05) is 7.11 Å². The number of rotatable bonds is 9. The first kappa shape index (κ1) is 23.7. The number of hydrogen-bond acceptors (Lipinski definition) is 5. The first-order valence-electron chi connectivity index (χ1n) is 10.5. The summed E-state index contributed by atoms with van der Waals surface area (Å²) in [5.41, 5.74) is 1.61. The van der Waals surface area contributed by atoms with Crippen LogP contribution in [0.15, 0.2) is 91.0 Å². The predicted molar refractivity (Wildman–Crippen MR) is 123 cm³/mol. The van der Waals surface area contributed by atoms with Crippen molar-refractivity contribution in [3.05, 3.63) is 108 Å². The maximum atomic E-state index is 13.3. The number of benzene rings is 3. The molecule has 33 heavy (non-hydrogen) atoms. The van der Waals surface area contributed by atoms with Gasteiger partial charge in [0.1, 0.15) is 18.2 Å². The third kappa shape index (κ3) is 6.51. The molecule has 3 aromatic carbocycles. The van der Waals surface area contributed by atoms with Crippen molar-refractivity contribution < 1.29 is 24.2 Å². The molecular weight excluding hydrogens is 420 g/mol. The number of methoxy groups -OCH3 is 1. The van der Waals surface area contributed by atoms with Gasteiger partial charge < -0.3 is 20.5 Å². The lowest BCUT2D eigenvalue weighted by Gasteiger charge is -2.26. The molecule has 0 radical (unpaired) electrons. The molecule has 0 aliphatic carbocycles. The Balaban J connectivity index is 1.84. The quantitative estimate of drug-likeness (QED) is 0.438. The fraction of sp³-hybridized carbons (Fsp3) is 0.192. The predicted octanol–water partition coefficient (Wildman–Crippen LogP) is 2.42. The highest BCUT2D eigenvalue weighted by molar-refractivity contribution is 5.98. The molecular formula is C26H26N2O5. The van der Waals surface area contributed by atoms with E-state index in [2.05, 4.69) is 10.6 Å². The number of esters is 1. The van der Waals surface area contributed by atoms with Gasteiger partial charge in [-0.05, 0) is 23.3 Å². The molecule has 0 saturated carbocycles. The van der Waals surface area contributed by atoms with Crippen LogP contribution in [0.1, 0.15) is 27.6 Å². The molecule has 3 atom stereocenters. The molecule has 2 amide bonds. The molecule has 0 heterocycles. The summed E-state index contributed by atoms with van der Waals surface area (Å²) in [5.74, 6) is -1.86. The van der Waals surface area contributed by atoms with Gasteiger partial charge in [-0.25, -0.2) is 4.79 Å². The van der Waals surface area contributed by atoms with Crippen LogP contribution >= 0.6 is 0 Å². The topological polar surface area (TPSA) is 105 Å². The number of aliphatic hydroxyl groups is 1. The minimum absolute atomic E-state index is 0.194. The molecule has 0 fully saturated rings. The van der Waals surface area contributed by atoms with E-state index in [1.165, 1.54) is 7.11 Å². The van der Waals surface area contributed by atoms with Crippen LogP contribution in [0.5, 0.6) is 0 Å². The van der Waals surface area contributed by atoms with Gasteiger partial charge in [-0.2, -0.15) is 0 Å². The number of carbonyl (C=O) groups is 3. The van der Waals surface area contributed by atoms with Crippen LogP contribution in [0.25, 0.3) is 0 Å². The second-order valence-corrected chi connectivity index (χ2v) is 7.45. The number of aliphatic hydroxyl groups excluding tert-OH is 1. The maximum absolute atomic E-state index is 13.3. The Morgan fingerprint density at radius 2 is 1.36 bits per heavy atom. The Morgan fingerprint density at radius 3 is 1.94 bits per heavy atom. The number of amides is 2. The number of ether oxygens (including phenoxy) is 1. The van der Waals surface area contributed by atoms with Gasteiger partial charge >= 0.3 is 5.97 Å². The zero-order valence-corrected chi connectivity index (χ0v) is 18.2. The van der Waals surface area contributed by atoms with Crippen LogP contribution in [-0.4, -0.2) is 42.1 Å².